The van der Waals surface area contributed by atoms with Gasteiger partial charge in [0.25, 0.3) is 5.91 Å². The quantitative estimate of drug-likeness (QED) is 0.127. The molecule has 7 N–H and O–H groups in total. The minimum absolute atomic E-state index is 0.0894. The first kappa shape index (κ1) is 34.9. The fourth-order valence-corrected chi connectivity index (χ4v) is 4.75. The van der Waals surface area contributed by atoms with Crippen molar-refractivity contribution in [3.63, 3.8) is 0 Å². The fourth-order valence-electron chi connectivity index (χ4n) is 4.75. The smallest absolute Gasteiger partial charge is 0.254 e. The molecule has 1 aliphatic heterocycles. The lowest BCUT2D eigenvalue weighted by Crippen LogP contribution is -2.65. The molecule has 0 aromatic heterocycles. The number of β-lactam (4-membered cyclic amide) rings is 1. The molecule has 1 fully saturated rings. The molecule has 0 aliphatic carbocycles. The second-order valence-corrected chi connectivity index (χ2v) is 11.5. The minimum atomic E-state index is -0.825. The Morgan fingerprint density at radius 2 is 1.67 bits per heavy atom. The van der Waals surface area contributed by atoms with Gasteiger partial charge in [-0.2, -0.15) is 0 Å². The number of benzene rings is 1. The molecule has 1 heterocycles. The fraction of sp³-hybridized carbons (Fsp3) is 0.613. The number of likely N-dealkylation sites (tertiary alicyclic amines) is 1. The molecule has 4 amide bonds. The number of carbonyl (C=O) groups is 4. The maximum atomic E-state index is 13.3. The highest BCUT2D eigenvalue weighted by Gasteiger charge is 2.45. The van der Waals surface area contributed by atoms with E-state index in [4.69, 9.17) is 16.2 Å². The van der Waals surface area contributed by atoms with E-state index in [1.54, 1.807) is 4.90 Å². The van der Waals surface area contributed by atoms with Crippen LogP contribution in [0, 0.1) is 11.8 Å². The number of methoxy groups -OCH3 is 1. The van der Waals surface area contributed by atoms with Crippen LogP contribution in [-0.4, -0.2) is 85.5 Å². The zero-order valence-corrected chi connectivity index (χ0v) is 25.7. The summed E-state index contributed by atoms with van der Waals surface area (Å²) in [7, 11) is 1.51. The number of nitrogens with zero attached hydrogens (tertiary/aromatic N) is 1. The Labute approximate surface area is 250 Å². The summed E-state index contributed by atoms with van der Waals surface area (Å²) in [4.78, 5) is 53.4. The Bertz CT molecular complexity index is 1050. The van der Waals surface area contributed by atoms with Gasteiger partial charge in [-0.25, -0.2) is 0 Å². The molecule has 0 spiro atoms. The lowest BCUT2D eigenvalue weighted by molar-refractivity contribution is -0.165. The van der Waals surface area contributed by atoms with Gasteiger partial charge in [0, 0.05) is 20.2 Å². The van der Waals surface area contributed by atoms with Gasteiger partial charge in [0.2, 0.25) is 17.7 Å². The van der Waals surface area contributed by atoms with E-state index in [0.29, 0.717) is 32.2 Å². The van der Waals surface area contributed by atoms with Gasteiger partial charge in [0.05, 0.1) is 12.1 Å². The topological polar surface area (TPSA) is 169 Å². The third kappa shape index (κ3) is 10.5. The summed E-state index contributed by atoms with van der Waals surface area (Å²) in [6.07, 6.45) is 5.43. The molecule has 5 atom stereocenters. The molecule has 0 saturated carbocycles. The van der Waals surface area contributed by atoms with E-state index in [2.05, 4.69) is 16.0 Å². The van der Waals surface area contributed by atoms with Crippen LogP contribution in [0.1, 0.15) is 58.9 Å². The molecular weight excluding hydrogens is 536 g/mol. The van der Waals surface area contributed by atoms with Crippen molar-refractivity contribution in [1.82, 2.24) is 20.9 Å². The van der Waals surface area contributed by atoms with E-state index in [1.165, 1.54) is 7.11 Å². The predicted octanol–water partition coefficient (Wildman–Crippen LogP) is 1.17. The van der Waals surface area contributed by atoms with Crippen LogP contribution in [0.4, 0.5) is 0 Å². The Morgan fingerprint density at radius 3 is 2.26 bits per heavy atom. The molecule has 11 nitrogen and oxygen atoms in total. The largest absolute Gasteiger partial charge is 0.369 e. The molecule has 11 heteroatoms. The Kier molecular flexibility index (Phi) is 14.7. The number of nitrogens with one attached hydrogen (secondary N) is 3. The van der Waals surface area contributed by atoms with Crippen LogP contribution in [0.25, 0.3) is 6.08 Å². The highest BCUT2D eigenvalue weighted by Crippen LogP contribution is 2.24. The first-order chi connectivity index (χ1) is 20.0. The zero-order chi connectivity index (χ0) is 31.2. The Hall–Kier alpha value is -3.28. The van der Waals surface area contributed by atoms with Crippen LogP contribution in [0.3, 0.4) is 0 Å². The van der Waals surface area contributed by atoms with Crippen LogP contribution >= 0.6 is 0 Å². The number of unbranched alkanes of at least 4 members (excludes halogenated alkanes) is 1. The molecule has 1 aromatic carbocycles. The van der Waals surface area contributed by atoms with Gasteiger partial charge in [-0.3, -0.25) is 19.2 Å². The summed E-state index contributed by atoms with van der Waals surface area (Å²) in [5, 5.41) is 8.47. The van der Waals surface area contributed by atoms with Crippen LogP contribution < -0.4 is 27.4 Å². The van der Waals surface area contributed by atoms with Crippen LogP contribution in [0.5, 0.6) is 0 Å². The van der Waals surface area contributed by atoms with Crippen molar-refractivity contribution in [3.8, 4) is 0 Å². The van der Waals surface area contributed by atoms with E-state index >= 15 is 0 Å². The van der Waals surface area contributed by atoms with Gasteiger partial charge in [-0.1, -0.05) is 70.2 Å². The van der Waals surface area contributed by atoms with Crippen molar-refractivity contribution >= 4 is 29.7 Å². The average molecular weight is 587 g/mol. The standard InChI is InChI=1S/C31H50N6O5/c1-20(2)19-24(36-30(40)26(33)21(3)4)29(39)35-23(13-9-10-16-32)28(38)34-17-18-37-25(27(42-5)31(37)41)15-14-22-11-7-6-8-12-22/h6-8,11-12,14-15,20-21,23-27H,9-10,13,16-19,32-33H2,1-5H3,(H,34,38)(H,35,39)(H,36,40)/b15-14+/t23-,24-,25+,26+,27-/m0/s1. The van der Waals surface area contributed by atoms with Crippen molar-refractivity contribution in [3.05, 3.63) is 42.0 Å². The Balaban J connectivity index is 2.03. The van der Waals surface area contributed by atoms with Crippen molar-refractivity contribution in [2.45, 2.75) is 83.6 Å². The van der Waals surface area contributed by atoms with Gasteiger partial charge in [0.1, 0.15) is 12.1 Å². The summed E-state index contributed by atoms with van der Waals surface area (Å²) >= 11 is 0. The molecule has 1 aliphatic rings. The molecular formula is C31H50N6O5. The van der Waals surface area contributed by atoms with Gasteiger partial charge >= 0.3 is 0 Å². The molecule has 234 valence electrons. The van der Waals surface area contributed by atoms with Gasteiger partial charge < -0.3 is 37.1 Å². The van der Waals surface area contributed by atoms with Gasteiger partial charge in [0.15, 0.2) is 6.10 Å². The second-order valence-electron chi connectivity index (χ2n) is 11.5. The van der Waals surface area contributed by atoms with E-state index in [0.717, 1.165) is 5.56 Å². The number of amides is 4. The van der Waals surface area contributed by atoms with Gasteiger partial charge in [-0.05, 0) is 49.6 Å². The van der Waals surface area contributed by atoms with Crippen LogP contribution in [0.15, 0.2) is 36.4 Å². The van der Waals surface area contributed by atoms with Crippen molar-refractivity contribution in [2.24, 2.45) is 23.3 Å². The zero-order valence-electron chi connectivity index (χ0n) is 25.7. The van der Waals surface area contributed by atoms with E-state index in [1.807, 2.05) is 70.2 Å². The molecule has 0 radical (unpaired) electrons. The summed E-state index contributed by atoms with van der Waals surface area (Å²) < 4.78 is 5.37. The molecule has 1 aromatic rings. The first-order valence-electron chi connectivity index (χ1n) is 14.9. The number of ether oxygens (including phenoxy) is 1. The van der Waals surface area contributed by atoms with Crippen LogP contribution in [0.2, 0.25) is 0 Å². The van der Waals surface area contributed by atoms with Gasteiger partial charge in [-0.15, -0.1) is 0 Å². The van der Waals surface area contributed by atoms with Crippen molar-refractivity contribution in [2.75, 3.05) is 26.7 Å². The number of rotatable bonds is 18. The number of carbonyl (C=O) groups excluding carboxylic acids is 4. The van der Waals surface area contributed by atoms with Crippen molar-refractivity contribution < 1.29 is 23.9 Å². The SMILES string of the molecule is CO[C@@H]1C(=O)N(CCNC(=O)[C@H](CCCCN)NC(=O)[C@H](CC(C)C)NC(=O)[C@H](N)C(C)C)[C@@H]1/C=C/c1ccccc1. The Morgan fingerprint density at radius 1 is 1.00 bits per heavy atom. The third-order valence-electron chi connectivity index (χ3n) is 7.33. The lowest BCUT2D eigenvalue weighted by atomic mass is 9.96. The van der Waals surface area contributed by atoms with Crippen LogP contribution in [-0.2, 0) is 23.9 Å². The summed E-state index contributed by atoms with van der Waals surface area (Å²) in [6.45, 7) is 8.54. The number of nitrogens with two attached hydrogens (primary N) is 2. The van der Waals surface area contributed by atoms with E-state index in [9.17, 15) is 19.2 Å². The summed E-state index contributed by atoms with van der Waals surface area (Å²) in [5.74, 6) is -1.31. The maximum Gasteiger partial charge on any atom is 0.254 e. The molecule has 42 heavy (non-hydrogen) atoms. The molecule has 2 rings (SSSR count). The lowest BCUT2D eigenvalue weighted by Gasteiger charge is -2.44. The maximum absolute atomic E-state index is 13.3. The highest BCUT2D eigenvalue weighted by atomic mass is 16.5. The summed E-state index contributed by atoms with van der Waals surface area (Å²) in [5.41, 5.74) is 12.6. The predicted molar refractivity (Wildman–Crippen MR) is 164 cm³/mol. The average Bonchev–Trinajstić information content (AvgIpc) is 2.96. The van der Waals surface area contributed by atoms with E-state index < -0.39 is 36.0 Å². The number of hydrogen-bond acceptors (Lipinski definition) is 7. The van der Waals surface area contributed by atoms with E-state index in [-0.39, 0.29) is 42.8 Å². The monoisotopic (exact) mass is 586 g/mol. The minimum Gasteiger partial charge on any atom is -0.369 e. The first-order valence-corrected chi connectivity index (χ1v) is 14.9. The third-order valence-corrected chi connectivity index (χ3v) is 7.33. The highest BCUT2D eigenvalue weighted by molar-refractivity contribution is 5.93. The van der Waals surface area contributed by atoms with Crippen molar-refractivity contribution in [1.29, 1.82) is 0 Å². The molecule has 0 bridgehead atoms. The molecule has 0 unspecified atom stereocenters. The molecule has 1 saturated heterocycles. The normalized spacial score (nSPS) is 19.0. The second kappa shape index (κ2) is 17.6. The number of hydrogen-bond donors (Lipinski definition) is 5. The summed E-state index contributed by atoms with van der Waals surface area (Å²) in [6, 6.07) is 7.12.